The molecular formula is C63H104O12. The third-order valence-electron chi connectivity index (χ3n) is 13.0. The van der Waals surface area contributed by atoms with Crippen molar-refractivity contribution in [3.05, 3.63) is 85.1 Å². The van der Waals surface area contributed by atoms with Gasteiger partial charge in [-0.25, -0.2) is 4.79 Å². The first kappa shape index (κ1) is 68.9. The number of allylic oxidation sites excluding steroid dienone is 14. The number of esters is 3. The first-order chi connectivity index (χ1) is 36.6. The van der Waals surface area contributed by atoms with Crippen molar-refractivity contribution in [3.8, 4) is 0 Å². The molecule has 0 aliphatic carbocycles. The summed E-state index contributed by atoms with van der Waals surface area (Å²) in [5, 5.41) is 31.5. The van der Waals surface area contributed by atoms with Crippen LogP contribution in [0.2, 0.25) is 0 Å². The van der Waals surface area contributed by atoms with Crippen molar-refractivity contribution in [2.75, 3.05) is 13.2 Å². The van der Waals surface area contributed by atoms with E-state index >= 15 is 0 Å². The van der Waals surface area contributed by atoms with Crippen molar-refractivity contribution in [1.29, 1.82) is 0 Å². The fraction of sp³-hybridized carbons (Fsp3) is 0.714. The maximum atomic E-state index is 13.1. The highest BCUT2D eigenvalue weighted by atomic mass is 16.7. The summed E-state index contributed by atoms with van der Waals surface area (Å²) in [7, 11) is 0. The zero-order valence-electron chi connectivity index (χ0n) is 47.0. The van der Waals surface area contributed by atoms with Gasteiger partial charge in [0.2, 0.25) is 0 Å². The highest BCUT2D eigenvalue weighted by Gasteiger charge is 2.50. The van der Waals surface area contributed by atoms with E-state index in [0.717, 1.165) is 103 Å². The van der Waals surface area contributed by atoms with E-state index in [1.54, 1.807) is 0 Å². The number of aliphatic carboxylic acids is 1. The Morgan fingerprint density at radius 2 is 0.867 bits per heavy atom. The minimum atomic E-state index is -1.92. The second-order valence-corrected chi connectivity index (χ2v) is 19.9. The van der Waals surface area contributed by atoms with Crippen LogP contribution in [0, 0.1) is 0 Å². The average molecular weight is 1050 g/mol. The van der Waals surface area contributed by atoms with E-state index < -0.39 is 67.3 Å². The summed E-state index contributed by atoms with van der Waals surface area (Å²) in [5.41, 5.74) is 0. The molecule has 1 fully saturated rings. The normalized spacial score (nSPS) is 18.8. The van der Waals surface area contributed by atoms with E-state index in [9.17, 15) is 34.5 Å². The number of carbonyl (C=O) groups is 4. The van der Waals surface area contributed by atoms with Gasteiger partial charge in [0, 0.05) is 19.3 Å². The summed E-state index contributed by atoms with van der Waals surface area (Å²) in [6, 6.07) is 0. The van der Waals surface area contributed by atoms with E-state index in [2.05, 4.69) is 93.7 Å². The van der Waals surface area contributed by atoms with Crippen molar-refractivity contribution in [2.45, 2.75) is 276 Å². The van der Waals surface area contributed by atoms with Crippen LogP contribution in [0.25, 0.3) is 0 Å². The molecule has 0 bridgehead atoms. The van der Waals surface area contributed by atoms with Gasteiger partial charge in [0.05, 0.1) is 6.61 Å². The summed E-state index contributed by atoms with van der Waals surface area (Å²) < 4.78 is 28.3. The van der Waals surface area contributed by atoms with E-state index in [1.807, 2.05) is 12.2 Å². The molecule has 12 nitrogen and oxygen atoms in total. The zero-order valence-corrected chi connectivity index (χ0v) is 47.0. The molecule has 1 rings (SSSR count). The Morgan fingerprint density at radius 1 is 0.453 bits per heavy atom. The van der Waals surface area contributed by atoms with Crippen molar-refractivity contribution in [3.63, 3.8) is 0 Å². The van der Waals surface area contributed by atoms with E-state index in [1.165, 1.54) is 77.0 Å². The lowest BCUT2D eigenvalue weighted by atomic mass is 9.98. The molecule has 0 saturated carbocycles. The molecule has 1 saturated heterocycles. The lowest BCUT2D eigenvalue weighted by Gasteiger charge is -2.40. The Morgan fingerprint density at radius 3 is 1.36 bits per heavy atom. The summed E-state index contributed by atoms with van der Waals surface area (Å²) in [4.78, 5) is 51.0. The Kier molecular flexibility index (Phi) is 46.6. The van der Waals surface area contributed by atoms with Crippen LogP contribution >= 0.6 is 0 Å². The number of ether oxygens (including phenoxy) is 5. The van der Waals surface area contributed by atoms with Crippen molar-refractivity contribution in [2.24, 2.45) is 0 Å². The first-order valence-electron chi connectivity index (χ1n) is 29.6. The third kappa shape index (κ3) is 40.8. The largest absolute Gasteiger partial charge is 0.479 e. The summed E-state index contributed by atoms with van der Waals surface area (Å²) in [6.07, 6.45) is 52.8. The quantitative estimate of drug-likeness (QED) is 0.0228. The molecule has 75 heavy (non-hydrogen) atoms. The van der Waals surface area contributed by atoms with E-state index in [0.29, 0.717) is 19.3 Å². The first-order valence-corrected chi connectivity index (χ1v) is 29.6. The number of rotatable bonds is 49. The number of aliphatic hydroxyl groups excluding tert-OH is 2. The van der Waals surface area contributed by atoms with Gasteiger partial charge < -0.3 is 39.0 Å². The predicted molar refractivity (Wildman–Crippen MR) is 303 cm³/mol. The highest BCUT2D eigenvalue weighted by Crippen LogP contribution is 2.26. The molecule has 1 heterocycles. The SMILES string of the molecule is CC/C=C\C/C=C\C/C=C\C/C=C\CCC(=O)OCC(COC1OC(C(=O)O)C(O)C(O)C1OC(=O)CCCCCCCC/C=C\C/C=C\C/C=C\CCCCC)OC(=O)CCCCCCCCCCCCCCC. The average Bonchev–Trinajstić information content (AvgIpc) is 3.39. The maximum absolute atomic E-state index is 13.1. The molecule has 6 atom stereocenters. The number of carboxylic acids is 1. The minimum Gasteiger partial charge on any atom is -0.479 e. The predicted octanol–water partition coefficient (Wildman–Crippen LogP) is 15.1. The maximum Gasteiger partial charge on any atom is 0.335 e. The van der Waals surface area contributed by atoms with Gasteiger partial charge in [-0.3, -0.25) is 14.4 Å². The molecule has 0 aromatic carbocycles. The topological polar surface area (TPSA) is 175 Å². The number of unbranched alkanes of at least 4 members (excludes halogenated alkanes) is 21. The summed E-state index contributed by atoms with van der Waals surface area (Å²) in [5.74, 6) is -3.24. The Labute approximate surface area is 454 Å². The van der Waals surface area contributed by atoms with E-state index in [-0.39, 0.29) is 25.9 Å². The molecule has 0 aromatic heterocycles. The van der Waals surface area contributed by atoms with Crippen LogP contribution in [0.4, 0.5) is 0 Å². The van der Waals surface area contributed by atoms with Gasteiger partial charge in [0.1, 0.15) is 18.8 Å². The van der Waals surface area contributed by atoms with Crippen LogP contribution < -0.4 is 0 Å². The summed E-state index contributed by atoms with van der Waals surface area (Å²) in [6.45, 7) is 5.78. The van der Waals surface area contributed by atoms with Crippen LogP contribution in [0.5, 0.6) is 0 Å². The van der Waals surface area contributed by atoms with Crippen LogP contribution in [-0.4, -0.2) is 89.2 Å². The van der Waals surface area contributed by atoms with Crippen LogP contribution in [0.15, 0.2) is 85.1 Å². The van der Waals surface area contributed by atoms with Gasteiger partial charge in [0.25, 0.3) is 0 Å². The standard InChI is InChI=1S/C63H104O12/c1-4-7-10-13-16-19-22-25-26-27-28-29-30-33-36-39-42-45-48-51-57(66)74-61-59(68)58(67)60(62(69)70)75-63(61)72-53-54(73-56(65)50-47-44-41-38-35-32-24-21-18-15-12-9-6-3)52-71-55(64)49-46-43-40-37-34-31-23-20-17-14-11-8-5-2/h8,11,16-17,19-20,25-26,28-29,31,34,40,43,54,58-61,63,67-68H,4-7,9-10,12-15,18,21-24,27,30,32-33,35-39,41-42,44-53H2,1-3H3,(H,69,70)/b11-8-,19-16-,20-17-,26-25-,29-28-,34-31-,43-40-. The number of aliphatic hydroxyl groups is 2. The van der Waals surface area contributed by atoms with Crippen LogP contribution in [0.1, 0.15) is 239 Å². The number of hydrogen-bond donors (Lipinski definition) is 3. The van der Waals surface area contributed by atoms with E-state index in [4.69, 9.17) is 23.7 Å². The third-order valence-corrected chi connectivity index (χ3v) is 13.0. The molecule has 3 N–H and O–H groups in total. The van der Waals surface area contributed by atoms with Crippen LogP contribution in [-0.2, 0) is 42.9 Å². The molecule has 1 aliphatic heterocycles. The molecule has 1 aliphatic rings. The second kappa shape index (κ2) is 50.7. The Bertz CT molecular complexity index is 1630. The lowest BCUT2D eigenvalue weighted by Crippen LogP contribution is -2.61. The number of hydrogen-bond acceptors (Lipinski definition) is 11. The zero-order chi connectivity index (χ0) is 54.7. The number of carboxylic acid groups (broad SMARTS) is 1. The fourth-order valence-electron chi connectivity index (χ4n) is 8.45. The molecule has 428 valence electrons. The van der Waals surface area contributed by atoms with Gasteiger partial charge >= 0.3 is 23.9 Å². The molecule has 0 spiro atoms. The van der Waals surface area contributed by atoms with Crippen molar-refractivity contribution < 1.29 is 58.2 Å². The lowest BCUT2D eigenvalue weighted by molar-refractivity contribution is -0.301. The Balaban J connectivity index is 2.71. The monoisotopic (exact) mass is 1050 g/mol. The van der Waals surface area contributed by atoms with Crippen molar-refractivity contribution in [1.82, 2.24) is 0 Å². The molecule has 12 heteroatoms. The van der Waals surface area contributed by atoms with Gasteiger partial charge in [0.15, 0.2) is 24.6 Å². The van der Waals surface area contributed by atoms with Crippen LogP contribution in [0.3, 0.4) is 0 Å². The Hall–Kier alpha value is -4.10. The minimum absolute atomic E-state index is 0.0373. The van der Waals surface area contributed by atoms with Gasteiger partial charge in [-0.1, -0.05) is 221 Å². The molecule has 0 aromatic rings. The van der Waals surface area contributed by atoms with Gasteiger partial charge in [-0.15, -0.1) is 0 Å². The molecular weight excluding hydrogens is 949 g/mol. The van der Waals surface area contributed by atoms with Gasteiger partial charge in [-0.05, 0) is 83.5 Å². The van der Waals surface area contributed by atoms with Gasteiger partial charge in [-0.2, -0.15) is 0 Å². The second-order valence-electron chi connectivity index (χ2n) is 19.9. The molecule has 0 radical (unpaired) electrons. The summed E-state index contributed by atoms with van der Waals surface area (Å²) >= 11 is 0. The molecule has 6 unspecified atom stereocenters. The highest BCUT2D eigenvalue weighted by molar-refractivity contribution is 5.74. The number of carbonyl (C=O) groups excluding carboxylic acids is 3. The smallest absolute Gasteiger partial charge is 0.335 e. The van der Waals surface area contributed by atoms with Crippen molar-refractivity contribution >= 4 is 23.9 Å². The fourth-order valence-corrected chi connectivity index (χ4v) is 8.45. The molecule has 0 amide bonds.